The Kier molecular flexibility index (Phi) is 7.06. The van der Waals surface area contributed by atoms with Crippen LogP contribution in [0.1, 0.15) is 53.1 Å². The Morgan fingerprint density at radius 1 is 1.19 bits per heavy atom. The Hall–Kier alpha value is -2.39. The number of thiophene rings is 1. The third kappa shape index (κ3) is 5.10. The molecule has 0 unspecified atom stereocenters. The molecule has 0 saturated heterocycles. The minimum atomic E-state index is -3.72. The van der Waals surface area contributed by atoms with Crippen LogP contribution in [-0.2, 0) is 32.4 Å². The second kappa shape index (κ2) is 9.40. The van der Waals surface area contributed by atoms with Crippen LogP contribution in [0.25, 0.3) is 0 Å². The summed E-state index contributed by atoms with van der Waals surface area (Å²) in [6.45, 7) is 5.42. The average molecular weight is 465 g/mol. The summed E-state index contributed by atoms with van der Waals surface area (Å²) in [6.07, 6.45) is 4.72. The van der Waals surface area contributed by atoms with Gasteiger partial charge in [0.2, 0.25) is 15.9 Å². The molecule has 0 saturated carbocycles. The number of sulfonamides is 1. The van der Waals surface area contributed by atoms with Gasteiger partial charge in [0.25, 0.3) is 0 Å². The van der Waals surface area contributed by atoms with Crippen molar-refractivity contribution in [2.24, 2.45) is 0 Å². The zero-order valence-electron chi connectivity index (χ0n) is 18.2. The minimum Gasteiger partial charge on any atom is -0.462 e. The molecule has 1 aliphatic rings. The van der Waals surface area contributed by atoms with E-state index in [0.717, 1.165) is 52.2 Å². The van der Waals surface area contributed by atoms with Crippen LogP contribution in [0.5, 0.6) is 0 Å². The quantitative estimate of drug-likeness (QED) is 0.627. The summed E-state index contributed by atoms with van der Waals surface area (Å²) in [5.74, 6) is -0.960. The summed E-state index contributed by atoms with van der Waals surface area (Å²) in [5.41, 5.74) is 2.74. The standard InChI is InChI=1S/C22H28N2O5S2/c1-5-29-22(26)19-17-8-6-7-9-18(17)30-21(19)23-20(25)15(3)24(31(4,27)28)16-12-10-14(2)11-13-16/h10-13,15H,5-9H2,1-4H3,(H,23,25)/t15-/m1/s1. The SMILES string of the molecule is CCOC(=O)c1c(NC(=O)[C@@H](C)N(c2ccc(C)cc2)S(C)(=O)=O)sc2c1CCCC2. The van der Waals surface area contributed by atoms with Crippen LogP contribution in [0.2, 0.25) is 0 Å². The van der Waals surface area contributed by atoms with Crippen molar-refractivity contribution in [2.75, 3.05) is 22.5 Å². The zero-order valence-corrected chi connectivity index (χ0v) is 19.9. The molecule has 1 amide bonds. The number of amides is 1. The number of aryl methyl sites for hydroxylation is 2. The normalized spacial score (nSPS) is 14.5. The number of hydrogen-bond acceptors (Lipinski definition) is 6. The van der Waals surface area contributed by atoms with E-state index in [2.05, 4.69) is 5.32 Å². The second-order valence-corrected chi connectivity index (χ2v) is 10.7. The Morgan fingerprint density at radius 3 is 2.45 bits per heavy atom. The number of anilines is 2. The van der Waals surface area contributed by atoms with Gasteiger partial charge in [0.15, 0.2) is 0 Å². The van der Waals surface area contributed by atoms with Crippen LogP contribution in [-0.4, -0.2) is 39.2 Å². The van der Waals surface area contributed by atoms with Crippen molar-refractivity contribution in [1.29, 1.82) is 0 Å². The molecule has 7 nitrogen and oxygen atoms in total. The van der Waals surface area contributed by atoms with Crippen LogP contribution in [0, 0.1) is 6.92 Å². The summed E-state index contributed by atoms with van der Waals surface area (Å²) in [4.78, 5) is 26.8. The van der Waals surface area contributed by atoms with Crippen LogP contribution in [0.4, 0.5) is 10.7 Å². The maximum absolute atomic E-state index is 13.1. The van der Waals surface area contributed by atoms with Crippen LogP contribution in [0.15, 0.2) is 24.3 Å². The predicted molar refractivity (Wildman–Crippen MR) is 124 cm³/mol. The van der Waals surface area contributed by atoms with Gasteiger partial charge in [0, 0.05) is 4.88 Å². The first-order chi connectivity index (χ1) is 14.6. The number of fused-ring (bicyclic) bond motifs is 1. The van der Waals surface area contributed by atoms with Gasteiger partial charge in [0.05, 0.1) is 24.1 Å². The Bertz CT molecular complexity index is 1070. The zero-order chi connectivity index (χ0) is 22.8. The smallest absolute Gasteiger partial charge is 0.341 e. The molecule has 168 valence electrons. The Morgan fingerprint density at radius 2 is 1.84 bits per heavy atom. The number of ether oxygens (including phenoxy) is 1. The molecule has 2 aromatic rings. The molecule has 0 radical (unpaired) electrons. The van der Waals surface area contributed by atoms with Crippen LogP contribution in [0.3, 0.4) is 0 Å². The minimum absolute atomic E-state index is 0.239. The van der Waals surface area contributed by atoms with Crippen molar-refractivity contribution < 1.29 is 22.7 Å². The Balaban J connectivity index is 1.93. The summed E-state index contributed by atoms with van der Waals surface area (Å²) >= 11 is 1.38. The summed E-state index contributed by atoms with van der Waals surface area (Å²) in [6, 6.07) is 5.93. The second-order valence-electron chi connectivity index (χ2n) is 7.70. The molecule has 3 rings (SSSR count). The highest BCUT2D eigenvalue weighted by atomic mass is 32.2. The first-order valence-electron chi connectivity index (χ1n) is 10.3. The van der Waals surface area contributed by atoms with Gasteiger partial charge < -0.3 is 10.1 Å². The predicted octanol–water partition coefficient (Wildman–Crippen LogP) is 3.91. The Labute approximate surface area is 187 Å². The molecule has 0 bridgehead atoms. The molecule has 1 heterocycles. The third-order valence-electron chi connectivity index (χ3n) is 5.26. The topological polar surface area (TPSA) is 92.8 Å². The van der Waals surface area contributed by atoms with Crippen molar-refractivity contribution in [3.63, 3.8) is 0 Å². The third-order valence-corrected chi connectivity index (χ3v) is 7.71. The average Bonchev–Trinajstić information content (AvgIpc) is 3.06. The lowest BCUT2D eigenvalue weighted by atomic mass is 9.95. The molecular formula is C22H28N2O5S2. The fourth-order valence-electron chi connectivity index (χ4n) is 3.79. The monoisotopic (exact) mass is 464 g/mol. The van der Waals surface area contributed by atoms with Gasteiger partial charge in [-0.1, -0.05) is 17.7 Å². The van der Waals surface area contributed by atoms with E-state index < -0.39 is 27.9 Å². The number of benzene rings is 1. The molecule has 1 aromatic carbocycles. The first-order valence-corrected chi connectivity index (χ1v) is 13.0. The van der Waals surface area contributed by atoms with Gasteiger partial charge in [0.1, 0.15) is 11.0 Å². The van der Waals surface area contributed by atoms with E-state index >= 15 is 0 Å². The molecule has 0 fully saturated rings. The van der Waals surface area contributed by atoms with Crippen molar-refractivity contribution in [3.8, 4) is 0 Å². The van der Waals surface area contributed by atoms with Gasteiger partial charge in [-0.05, 0) is 64.2 Å². The fourth-order valence-corrected chi connectivity index (χ4v) is 6.25. The highest BCUT2D eigenvalue weighted by Crippen LogP contribution is 2.39. The van der Waals surface area contributed by atoms with E-state index in [4.69, 9.17) is 4.74 Å². The lowest BCUT2D eigenvalue weighted by molar-refractivity contribution is -0.116. The molecule has 1 N–H and O–H groups in total. The maximum Gasteiger partial charge on any atom is 0.341 e. The summed E-state index contributed by atoms with van der Waals surface area (Å²) in [7, 11) is -3.72. The van der Waals surface area contributed by atoms with Crippen LogP contribution < -0.4 is 9.62 Å². The van der Waals surface area contributed by atoms with E-state index in [-0.39, 0.29) is 6.61 Å². The number of rotatable bonds is 7. The number of nitrogens with one attached hydrogen (secondary N) is 1. The fraction of sp³-hybridized carbons (Fsp3) is 0.455. The molecular weight excluding hydrogens is 436 g/mol. The number of carbonyl (C=O) groups excluding carboxylic acids is 2. The lowest BCUT2D eigenvalue weighted by Crippen LogP contribution is -2.45. The van der Waals surface area contributed by atoms with Gasteiger partial charge >= 0.3 is 5.97 Å². The number of hydrogen-bond donors (Lipinski definition) is 1. The summed E-state index contributed by atoms with van der Waals surface area (Å²) < 4.78 is 31.3. The largest absolute Gasteiger partial charge is 0.462 e. The molecule has 1 aromatic heterocycles. The molecule has 1 atom stereocenters. The molecule has 31 heavy (non-hydrogen) atoms. The lowest BCUT2D eigenvalue weighted by Gasteiger charge is -2.28. The number of nitrogens with zero attached hydrogens (tertiary/aromatic N) is 1. The number of esters is 1. The summed E-state index contributed by atoms with van der Waals surface area (Å²) in [5, 5.41) is 3.24. The van der Waals surface area contributed by atoms with Gasteiger partial charge in [-0.3, -0.25) is 9.10 Å². The van der Waals surface area contributed by atoms with E-state index in [9.17, 15) is 18.0 Å². The highest BCUT2D eigenvalue weighted by Gasteiger charge is 2.32. The highest BCUT2D eigenvalue weighted by molar-refractivity contribution is 7.92. The first kappa shape index (κ1) is 23.3. The van der Waals surface area contributed by atoms with E-state index in [0.29, 0.717) is 16.3 Å². The molecule has 1 aliphatic carbocycles. The molecule has 0 aliphatic heterocycles. The van der Waals surface area contributed by atoms with Gasteiger partial charge in [-0.15, -0.1) is 11.3 Å². The number of carbonyl (C=O) groups is 2. The van der Waals surface area contributed by atoms with Crippen molar-refractivity contribution in [3.05, 3.63) is 45.8 Å². The van der Waals surface area contributed by atoms with Crippen molar-refractivity contribution >= 4 is 43.9 Å². The van der Waals surface area contributed by atoms with E-state index in [1.165, 1.54) is 18.3 Å². The molecule has 9 heteroatoms. The van der Waals surface area contributed by atoms with Crippen molar-refractivity contribution in [2.45, 2.75) is 52.5 Å². The van der Waals surface area contributed by atoms with E-state index in [1.54, 1.807) is 31.2 Å². The van der Waals surface area contributed by atoms with Gasteiger partial charge in [-0.25, -0.2) is 13.2 Å². The maximum atomic E-state index is 13.1. The van der Waals surface area contributed by atoms with Crippen LogP contribution >= 0.6 is 11.3 Å². The van der Waals surface area contributed by atoms with Crippen molar-refractivity contribution in [1.82, 2.24) is 0 Å². The van der Waals surface area contributed by atoms with E-state index in [1.807, 2.05) is 6.92 Å². The molecule has 0 spiro atoms. The van der Waals surface area contributed by atoms with Gasteiger partial charge in [-0.2, -0.15) is 0 Å².